The van der Waals surface area contributed by atoms with Crippen molar-refractivity contribution < 1.29 is 42.7 Å². The molecule has 0 fully saturated rings. The monoisotopic (exact) mass is 554 g/mol. The molecule has 0 aliphatic rings. The van der Waals surface area contributed by atoms with Crippen molar-refractivity contribution in [3.05, 3.63) is 0 Å². The first-order valence-corrected chi connectivity index (χ1v) is 15.8. The first-order valence-electron chi connectivity index (χ1n) is 13.3. The van der Waals surface area contributed by atoms with Crippen LogP contribution in [0.4, 0.5) is 0 Å². The zero-order valence-corrected chi connectivity index (χ0v) is 23.8. The third kappa shape index (κ3) is 26.1. The van der Waals surface area contributed by atoms with Crippen LogP contribution >= 0.6 is 19.6 Å². The molecule has 212 valence electrons. The van der Waals surface area contributed by atoms with Gasteiger partial charge in [0, 0.05) is 25.5 Å². The van der Waals surface area contributed by atoms with Gasteiger partial charge in [-0.1, -0.05) is 89.3 Å². The molecule has 0 radical (unpaired) electrons. The number of esters is 2. The maximum Gasteiger partial charge on any atom is 0.469 e. The van der Waals surface area contributed by atoms with Gasteiger partial charge in [0.2, 0.25) is 0 Å². The van der Waals surface area contributed by atoms with E-state index in [2.05, 4.69) is 11.4 Å². The van der Waals surface area contributed by atoms with Crippen molar-refractivity contribution in [2.45, 2.75) is 123 Å². The van der Waals surface area contributed by atoms with Crippen LogP contribution in [0.5, 0.6) is 0 Å². The van der Waals surface area contributed by atoms with Crippen LogP contribution in [0.15, 0.2) is 0 Å². The molecule has 0 aromatic carbocycles. The predicted molar refractivity (Wildman–Crippen MR) is 142 cm³/mol. The first-order chi connectivity index (χ1) is 17.1. The fraction of sp³-hybridized carbons (Fsp3) is 0.880. The van der Waals surface area contributed by atoms with Gasteiger partial charge in [0.25, 0.3) is 0 Å². The van der Waals surface area contributed by atoms with Crippen molar-refractivity contribution in [2.24, 2.45) is 0 Å². The normalized spacial score (nSPS) is 12.3. The third-order valence-electron chi connectivity index (χ3n) is 5.47. The van der Waals surface area contributed by atoms with E-state index in [1.54, 1.807) is 6.92 Å². The van der Waals surface area contributed by atoms with Crippen LogP contribution in [0.3, 0.4) is 0 Å². The van der Waals surface area contributed by atoms with Crippen molar-refractivity contribution in [3.8, 4) is 0 Å². The SMILES string of the molecule is CCCCCCCCCCCC(=O)O[C@H](COC(=O)CCCCCCCSC(C)=O)COP(=O)(O)O. The minimum atomic E-state index is -4.75. The highest BCUT2D eigenvalue weighted by atomic mass is 32.2. The molecule has 0 saturated heterocycles. The lowest BCUT2D eigenvalue weighted by molar-refractivity contribution is -0.161. The molecular formula is C25H47O9PS. The predicted octanol–water partition coefficient (Wildman–Crippen LogP) is 6.09. The van der Waals surface area contributed by atoms with E-state index in [0.717, 1.165) is 50.7 Å². The summed E-state index contributed by atoms with van der Waals surface area (Å²) in [5.74, 6) is -0.151. The summed E-state index contributed by atoms with van der Waals surface area (Å²) in [4.78, 5) is 52.9. The van der Waals surface area contributed by atoms with E-state index in [4.69, 9.17) is 19.3 Å². The van der Waals surface area contributed by atoms with E-state index < -0.39 is 32.5 Å². The van der Waals surface area contributed by atoms with Crippen LogP contribution < -0.4 is 0 Å². The van der Waals surface area contributed by atoms with Crippen LogP contribution in [0.2, 0.25) is 0 Å². The fourth-order valence-electron chi connectivity index (χ4n) is 3.50. The molecule has 2 N–H and O–H groups in total. The molecule has 0 aromatic heterocycles. The summed E-state index contributed by atoms with van der Waals surface area (Å²) in [6.07, 6.45) is 13.8. The van der Waals surface area contributed by atoms with Crippen molar-refractivity contribution in [1.82, 2.24) is 0 Å². The Morgan fingerprint density at radius 3 is 1.78 bits per heavy atom. The zero-order valence-electron chi connectivity index (χ0n) is 22.1. The third-order valence-corrected chi connectivity index (χ3v) is 6.86. The van der Waals surface area contributed by atoms with Gasteiger partial charge in [-0.05, 0) is 19.3 Å². The molecule has 0 aliphatic heterocycles. The largest absolute Gasteiger partial charge is 0.469 e. The standard InChI is InChI=1S/C25H47O9PS/c1-3-4-5-6-7-8-9-11-15-18-25(28)34-23(21-33-35(29,30)31)20-32-24(27)17-14-12-10-13-16-19-36-22(2)26/h23H,3-21H2,1-2H3,(H2,29,30,31)/t23-/m1/s1. The van der Waals surface area contributed by atoms with Crippen LogP contribution in [-0.4, -0.2) is 51.9 Å². The van der Waals surface area contributed by atoms with Gasteiger partial charge in [-0.3, -0.25) is 18.9 Å². The number of ether oxygens (including phenoxy) is 2. The second kappa shape index (κ2) is 23.2. The average molecular weight is 555 g/mol. The summed E-state index contributed by atoms with van der Waals surface area (Å²) in [7, 11) is -4.75. The minimum absolute atomic E-state index is 0.122. The van der Waals surface area contributed by atoms with Gasteiger partial charge in [-0.15, -0.1) is 0 Å². The lowest BCUT2D eigenvalue weighted by atomic mass is 10.1. The topological polar surface area (TPSA) is 136 Å². The van der Waals surface area contributed by atoms with Gasteiger partial charge in [0.05, 0.1) is 6.61 Å². The van der Waals surface area contributed by atoms with E-state index in [-0.39, 0.29) is 24.6 Å². The molecule has 11 heteroatoms. The molecule has 0 amide bonds. The Morgan fingerprint density at radius 1 is 0.750 bits per heavy atom. The fourth-order valence-corrected chi connectivity index (χ4v) is 4.49. The highest BCUT2D eigenvalue weighted by Crippen LogP contribution is 2.35. The smallest absolute Gasteiger partial charge is 0.462 e. The van der Waals surface area contributed by atoms with Gasteiger partial charge >= 0.3 is 19.8 Å². The first kappa shape index (κ1) is 35.1. The Hall–Kier alpha value is -0.930. The van der Waals surface area contributed by atoms with Gasteiger partial charge in [0.15, 0.2) is 11.2 Å². The van der Waals surface area contributed by atoms with E-state index in [0.29, 0.717) is 12.8 Å². The Morgan fingerprint density at radius 2 is 1.25 bits per heavy atom. The molecule has 0 aliphatic carbocycles. The van der Waals surface area contributed by atoms with Crippen molar-refractivity contribution in [2.75, 3.05) is 19.0 Å². The average Bonchev–Trinajstić information content (AvgIpc) is 2.80. The van der Waals surface area contributed by atoms with Crippen LogP contribution in [0, 0.1) is 0 Å². The molecule has 1 atom stereocenters. The molecule has 0 heterocycles. The summed E-state index contributed by atoms with van der Waals surface area (Å²) in [5.41, 5.74) is 0. The molecular weight excluding hydrogens is 507 g/mol. The van der Waals surface area contributed by atoms with E-state index in [1.165, 1.54) is 43.9 Å². The van der Waals surface area contributed by atoms with E-state index in [1.807, 2.05) is 0 Å². The maximum atomic E-state index is 12.2. The molecule has 0 spiro atoms. The highest BCUT2D eigenvalue weighted by molar-refractivity contribution is 8.13. The molecule has 9 nitrogen and oxygen atoms in total. The molecule has 0 saturated carbocycles. The molecule has 0 bridgehead atoms. The Bertz CT molecular complexity index is 639. The summed E-state index contributed by atoms with van der Waals surface area (Å²) in [6, 6.07) is 0. The van der Waals surface area contributed by atoms with Crippen LogP contribution in [0.1, 0.15) is 117 Å². The number of thioether (sulfide) groups is 1. The maximum absolute atomic E-state index is 12.2. The van der Waals surface area contributed by atoms with Gasteiger partial charge in [-0.2, -0.15) is 0 Å². The lowest BCUT2D eigenvalue weighted by Crippen LogP contribution is -2.29. The number of carbonyl (C=O) groups is 3. The van der Waals surface area contributed by atoms with E-state index in [9.17, 15) is 18.9 Å². The molecule has 0 rings (SSSR count). The highest BCUT2D eigenvalue weighted by Gasteiger charge is 2.22. The Balaban J connectivity index is 4.11. The summed E-state index contributed by atoms with van der Waals surface area (Å²) in [5, 5.41) is 0.122. The van der Waals surface area contributed by atoms with Crippen molar-refractivity contribution in [3.63, 3.8) is 0 Å². The summed E-state index contributed by atoms with van der Waals surface area (Å²) in [6.45, 7) is 2.87. The lowest BCUT2D eigenvalue weighted by Gasteiger charge is -2.18. The van der Waals surface area contributed by atoms with Gasteiger partial charge in [-0.25, -0.2) is 4.57 Å². The van der Waals surface area contributed by atoms with Crippen molar-refractivity contribution >= 4 is 36.6 Å². The molecule has 36 heavy (non-hydrogen) atoms. The van der Waals surface area contributed by atoms with E-state index >= 15 is 0 Å². The number of unbranched alkanes of at least 4 members (excludes halogenated alkanes) is 12. The number of hydrogen-bond donors (Lipinski definition) is 2. The van der Waals surface area contributed by atoms with Crippen molar-refractivity contribution in [1.29, 1.82) is 0 Å². The second-order valence-corrected chi connectivity index (χ2v) is 11.5. The number of rotatable bonds is 24. The van der Waals surface area contributed by atoms with Crippen LogP contribution in [0.25, 0.3) is 0 Å². The quantitative estimate of drug-likeness (QED) is 0.0819. The Labute approximate surface area is 221 Å². The number of hydrogen-bond acceptors (Lipinski definition) is 8. The zero-order chi connectivity index (χ0) is 27.1. The molecule has 0 aromatic rings. The van der Waals surface area contributed by atoms with Gasteiger partial charge < -0.3 is 19.3 Å². The van der Waals surface area contributed by atoms with Gasteiger partial charge in [0.1, 0.15) is 6.61 Å². The summed E-state index contributed by atoms with van der Waals surface area (Å²) >= 11 is 1.32. The number of carbonyl (C=O) groups excluding carboxylic acids is 3. The van der Waals surface area contributed by atoms with Crippen LogP contribution in [-0.2, 0) is 32.9 Å². The minimum Gasteiger partial charge on any atom is -0.462 e. The molecule has 0 unspecified atom stereocenters. The number of phosphoric acid groups is 1. The summed E-state index contributed by atoms with van der Waals surface area (Å²) < 4.78 is 25.9. The number of phosphoric ester groups is 1. The Kier molecular flexibility index (Phi) is 22.6. The second-order valence-electron chi connectivity index (χ2n) is 9.02.